The lowest BCUT2D eigenvalue weighted by atomic mass is 9.86. The van der Waals surface area contributed by atoms with E-state index in [1.165, 1.54) is 0 Å². The molecule has 0 atom stereocenters. The fourth-order valence-corrected chi connectivity index (χ4v) is 1.86. The van der Waals surface area contributed by atoms with Crippen LogP contribution in [0.15, 0.2) is 0 Å². The van der Waals surface area contributed by atoms with Crippen molar-refractivity contribution in [3.63, 3.8) is 0 Å². The Labute approximate surface area is 171 Å². The lowest BCUT2D eigenvalue weighted by molar-refractivity contribution is -0.465. The summed E-state index contributed by atoms with van der Waals surface area (Å²) in [7, 11) is 0. The Balaban J connectivity index is 6.98. The monoisotopic (exact) mass is 560 g/mol. The molecule has 0 unspecified atom stereocenters. The number of hydrogen-bond acceptors (Lipinski definition) is 1. The molecular weight excluding hydrogens is 556 g/mol. The van der Waals surface area contributed by atoms with Gasteiger partial charge < -0.3 is 5.11 Å². The molecule has 1 N–H and O–H groups in total. The van der Waals surface area contributed by atoms with Crippen LogP contribution in [0.1, 0.15) is 6.42 Å². The molecule has 0 aromatic carbocycles. The van der Waals surface area contributed by atoms with Gasteiger partial charge in [0.2, 0.25) is 0 Å². The predicted molar refractivity (Wildman–Crippen MR) is 62.8 cm³/mol. The van der Waals surface area contributed by atoms with Crippen molar-refractivity contribution in [2.45, 2.75) is 66.1 Å². The van der Waals surface area contributed by atoms with Gasteiger partial charge in [0.1, 0.15) is 6.42 Å². The molecule has 0 aromatic heterocycles. The average molecular weight is 560 g/mol. The highest BCUT2D eigenvalue weighted by Crippen LogP contribution is 2.65. The molecule has 0 aliphatic rings. The molecule has 0 aliphatic heterocycles. The van der Waals surface area contributed by atoms with E-state index >= 15 is 0 Å². The van der Waals surface area contributed by atoms with E-state index in [2.05, 4.69) is 0 Å². The van der Waals surface area contributed by atoms with Crippen LogP contribution in [-0.4, -0.2) is 70.8 Å². The number of aliphatic carboxylic acids is 1. The van der Waals surface area contributed by atoms with Crippen LogP contribution in [0.2, 0.25) is 0 Å². The number of carboxylic acids is 1. The molecule has 0 fully saturated rings. The van der Waals surface area contributed by atoms with E-state index in [0.29, 0.717) is 0 Å². The lowest BCUT2D eigenvalue weighted by Gasteiger charge is -2.44. The van der Waals surface area contributed by atoms with Crippen molar-refractivity contribution in [2.24, 2.45) is 0 Å². The van der Waals surface area contributed by atoms with Gasteiger partial charge in [0, 0.05) is 0 Å². The first kappa shape index (κ1) is 32.1. The molecule has 0 bridgehead atoms. The SMILES string of the molecule is O=C(O)CC(F)(F)C(F)(F)C(F)(F)C(F)(F)C(F)(F)C(F)(F)C(F)(F)C(F)(F)C(F)(F)C(F)F. The Morgan fingerprint density at radius 1 is 0.500 bits per heavy atom. The lowest BCUT2D eigenvalue weighted by Crippen LogP contribution is -2.76. The van der Waals surface area contributed by atoms with Gasteiger partial charge in [0.05, 0.1) is 0 Å². The van der Waals surface area contributed by atoms with Crippen LogP contribution in [-0.2, 0) is 4.79 Å². The molecule has 204 valence electrons. The zero-order valence-electron chi connectivity index (χ0n) is 14.7. The average Bonchev–Trinajstić information content (AvgIpc) is 2.58. The van der Waals surface area contributed by atoms with Gasteiger partial charge in [0.25, 0.3) is 0 Å². The van der Waals surface area contributed by atoms with E-state index < -0.39 is 72.1 Å². The van der Waals surface area contributed by atoms with Gasteiger partial charge in [-0.25, -0.2) is 8.78 Å². The molecule has 0 spiro atoms. The number of alkyl halides is 20. The summed E-state index contributed by atoms with van der Waals surface area (Å²) < 4.78 is 260. The maximum atomic E-state index is 13.4. The second-order valence-corrected chi connectivity index (χ2v) is 6.22. The predicted octanol–water partition coefficient (Wildman–Crippen LogP) is 6.44. The van der Waals surface area contributed by atoms with Crippen LogP contribution < -0.4 is 0 Å². The summed E-state index contributed by atoms with van der Waals surface area (Å²) in [4.78, 5) is 9.96. The summed E-state index contributed by atoms with van der Waals surface area (Å²) in [5, 5.41) is 7.86. The topological polar surface area (TPSA) is 37.3 Å². The highest BCUT2D eigenvalue weighted by atomic mass is 19.4. The third kappa shape index (κ3) is 3.87. The van der Waals surface area contributed by atoms with Crippen molar-refractivity contribution in [1.82, 2.24) is 0 Å². The smallest absolute Gasteiger partial charge is 0.385 e. The van der Waals surface area contributed by atoms with Gasteiger partial charge in [-0.1, -0.05) is 0 Å². The number of hydrogen-bond donors (Lipinski definition) is 1. The molecule has 34 heavy (non-hydrogen) atoms. The van der Waals surface area contributed by atoms with Gasteiger partial charge in [-0.05, 0) is 0 Å². The van der Waals surface area contributed by atoms with Crippen molar-refractivity contribution in [1.29, 1.82) is 0 Å². The highest BCUT2D eigenvalue weighted by molar-refractivity contribution is 5.68. The van der Waals surface area contributed by atoms with Crippen molar-refractivity contribution < 1.29 is 97.7 Å². The first-order valence-corrected chi connectivity index (χ1v) is 7.26. The zero-order chi connectivity index (χ0) is 28.4. The van der Waals surface area contributed by atoms with Gasteiger partial charge in [-0.2, -0.15) is 79.0 Å². The van der Waals surface area contributed by atoms with Crippen LogP contribution >= 0.6 is 0 Å². The second kappa shape index (κ2) is 8.05. The molecule has 0 saturated heterocycles. The Kier molecular flexibility index (Phi) is 7.59. The molecule has 0 saturated carbocycles. The minimum Gasteiger partial charge on any atom is -0.481 e. The quantitative estimate of drug-likeness (QED) is 0.296. The van der Waals surface area contributed by atoms with E-state index in [1.807, 2.05) is 0 Å². The Hall–Kier alpha value is -1.93. The summed E-state index contributed by atoms with van der Waals surface area (Å²) in [6.45, 7) is 0. The summed E-state index contributed by atoms with van der Waals surface area (Å²) in [6, 6.07) is 0. The number of rotatable bonds is 11. The van der Waals surface area contributed by atoms with Crippen molar-refractivity contribution >= 4 is 5.97 Å². The Morgan fingerprint density at radius 3 is 0.971 bits per heavy atom. The van der Waals surface area contributed by atoms with Crippen LogP contribution in [0, 0.1) is 0 Å². The molecule has 0 radical (unpaired) electrons. The number of carboxylic acid groups (broad SMARTS) is 1. The van der Waals surface area contributed by atoms with E-state index in [1.54, 1.807) is 0 Å². The van der Waals surface area contributed by atoms with Crippen molar-refractivity contribution in [3.05, 3.63) is 0 Å². The molecule has 0 aliphatic carbocycles. The normalized spacial score (nSPS) is 16.3. The van der Waals surface area contributed by atoms with Gasteiger partial charge in [-0.3, -0.25) is 4.79 Å². The summed E-state index contributed by atoms with van der Waals surface area (Å²) in [6.07, 6.45) is -9.73. The highest BCUT2D eigenvalue weighted by Gasteiger charge is 2.96. The molecular formula is C12H4F20O2. The molecule has 0 amide bonds. The van der Waals surface area contributed by atoms with Gasteiger partial charge in [-0.15, -0.1) is 0 Å². The standard InChI is InChI=1S/C12H4F20O2/c13-3(14)5(17,18)7(21,22)9(25,26)11(29,30)12(31,32)10(27,28)8(23,24)6(19,20)4(15,16)1-2(33)34/h3H,1H2,(H,33,34). The minimum atomic E-state index is -9.10. The van der Waals surface area contributed by atoms with Crippen LogP contribution in [0.4, 0.5) is 87.8 Å². The maximum absolute atomic E-state index is 13.4. The van der Waals surface area contributed by atoms with Crippen molar-refractivity contribution in [2.75, 3.05) is 0 Å². The van der Waals surface area contributed by atoms with Gasteiger partial charge >= 0.3 is 65.7 Å². The third-order valence-corrected chi connectivity index (χ3v) is 3.89. The van der Waals surface area contributed by atoms with Gasteiger partial charge in [0.15, 0.2) is 0 Å². The Bertz CT molecular complexity index is 768. The Morgan fingerprint density at radius 2 is 0.735 bits per heavy atom. The second-order valence-electron chi connectivity index (χ2n) is 6.22. The summed E-state index contributed by atoms with van der Waals surface area (Å²) >= 11 is 0. The molecule has 0 aromatic rings. The molecule has 2 nitrogen and oxygen atoms in total. The molecule has 22 heteroatoms. The maximum Gasteiger partial charge on any atom is 0.385 e. The van der Waals surface area contributed by atoms with Crippen LogP contribution in [0.5, 0.6) is 0 Å². The van der Waals surface area contributed by atoms with E-state index in [9.17, 15) is 92.6 Å². The molecule has 0 heterocycles. The van der Waals surface area contributed by atoms with Crippen LogP contribution in [0.25, 0.3) is 0 Å². The van der Waals surface area contributed by atoms with E-state index in [4.69, 9.17) is 5.11 Å². The first-order chi connectivity index (χ1) is 14.4. The summed E-state index contributed by atoms with van der Waals surface area (Å²) in [5.41, 5.74) is 0. The van der Waals surface area contributed by atoms with Crippen molar-refractivity contribution in [3.8, 4) is 0 Å². The number of halogens is 20. The van der Waals surface area contributed by atoms with Crippen LogP contribution in [0.3, 0.4) is 0 Å². The molecule has 0 rings (SSSR count). The number of carbonyl (C=O) groups is 1. The summed E-state index contributed by atoms with van der Waals surface area (Å²) in [5.74, 6) is -79.4. The third-order valence-electron chi connectivity index (χ3n) is 3.89. The van der Waals surface area contributed by atoms with E-state index in [-0.39, 0.29) is 0 Å². The fraction of sp³-hybridized carbons (Fsp3) is 0.917. The largest absolute Gasteiger partial charge is 0.481 e. The fourth-order valence-electron chi connectivity index (χ4n) is 1.86. The zero-order valence-corrected chi connectivity index (χ0v) is 14.7. The first-order valence-electron chi connectivity index (χ1n) is 7.26. The van der Waals surface area contributed by atoms with E-state index in [0.717, 1.165) is 0 Å². The minimum absolute atomic E-state index is 3.23.